The average Bonchev–Trinajstić information content (AvgIpc) is 1.84. The highest BCUT2D eigenvalue weighted by Gasteiger charge is 2.07. The maximum Gasteiger partial charge on any atom is 0.222 e. The predicted molar refractivity (Wildman–Crippen MR) is 42.0 cm³/mol. The van der Waals surface area contributed by atoms with E-state index in [2.05, 4.69) is 16.3 Å². The first-order chi connectivity index (χ1) is 4.09. The molecule has 0 fully saturated rings. The minimum Gasteiger partial charge on any atom is -0.325 e. The maximum atomic E-state index is 10.6. The lowest BCUT2D eigenvalue weighted by atomic mass is 10.3. The molecule has 54 valence electrons. The molecule has 0 bridgehead atoms. The molecular formula is C6H14NOP. The van der Waals surface area contributed by atoms with Gasteiger partial charge in [-0.1, -0.05) is 6.92 Å². The third kappa shape index (κ3) is 2.81. The molecule has 2 atom stereocenters. The molecule has 0 saturated heterocycles. The number of nitrogens with zero attached hydrogens (tertiary/aromatic N) is 1. The van der Waals surface area contributed by atoms with Crippen LogP contribution in [0, 0.1) is 0 Å². The first kappa shape index (κ1) is 8.90. The molecule has 0 rings (SSSR count). The largest absolute Gasteiger partial charge is 0.325 e. The molecule has 0 aromatic heterocycles. The van der Waals surface area contributed by atoms with Crippen molar-refractivity contribution in [3.63, 3.8) is 0 Å². The van der Waals surface area contributed by atoms with Crippen LogP contribution in [0.4, 0.5) is 0 Å². The van der Waals surface area contributed by atoms with Crippen molar-refractivity contribution >= 4 is 15.3 Å². The van der Waals surface area contributed by atoms with Crippen LogP contribution < -0.4 is 0 Å². The summed E-state index contributed by atoms with van der Waals surface area (Å²) in [5, 5.41) is 0. The summed E-state index contributed by atoms with van der Waals surface area (Å²) in [4.78, 5) is 10.6. The SMILES string of the molecule is CCC(C)N(P)C(C)=O. The molecule has 9 heavy (non-hydrogen) atoms. The van der Waals surface area contributed by atoms with Gasteiger partial charge in [-0.25, -0.2) is 0 Å². The van der Waals surface area contributed by atoms with Crippen molar-refractivity contribution < 1.29 is 4.79 Å². The summed E-state index contributed by atoms with van der Waals surface area (Å²) in [6, 6.07) is 0.340. The Balaban J connectivity index is 3.72. The molecular weight excluding hydrogens is 133 g/mol. The van der Waals surface area contributed by atoms with Gasteiger partial charge in [0.2, 0.25) is 5.91 Å². The minimum atomic E-state index is 0.106. The Morgan fingerprint density at radius 3 is 2.33 bits per heavy atom. The Morgan fingerprint density at radius 2 is 2.22 bits per heavy atom. The standard InChI is InChI=1S/C6H14NOP/c1-4-5(2)7(9)6(3)8/h5H,4,9H2,1-3H3. The van der Waals surface area contributed by atoms with Gasteiger partial charge in [-0.2, -0.15) is 0 Å². The molecule has 0 N–H and O–H groups in total. The van der Waals surface area contributed by atoms with Gasteiger partial charge in [-0.15, -0.1) is 0 Å². The van der Waals surface area contributed by atoms with Gasteiger partial charge < -0.3 is 4.67 Å². The fourth-order valence-corrected chi connectivity index (χ4v) is 0.718. The highest BCUT2D eigenvalue weighted by atomic mass is 31.0. The van der Waals surface area contributed by atoms with Crippen LogP contribution in [-0.4, -0.2) is 16.6 Å². The number of amides is 1. The van der Waals surface area contributed by atoms with Crippen LogP contribution in [0.25, 0.3) is 0 Å². The second-order valence-corrected chi connectivity index (χ2v) is 2.74. The molecule has 1 amide bonds. The van der Waals surface area contributed by atoms with E-state index in [0.717, 1.165) is 6.42 Å². The first-order valence-electron chi connectivity index (χ1n) is 3.14. The third-order valence-electron chi connectivity index (χ3n) is 1.43. The number of carbonyl (C=O) groups excluding carboxylic acids is 1. The van der Waals surface area contributed by atoms with Crippen molar-refractivity contribution in [1.82, 2.24) is 4.67 Å². The molecule has 0 saturated carbocycles. The Hall–Kier alpha value is -0.100. The predicted octanol–water partition coefficient (Wildman–Crippen LogP) is 1.42. The van der Waals surface area contributed by atoms with E-state index in [1.807, 2.05) is 6.92 Å². The topological polar surface area (TPSA) is 20.3 Å². The lowest BCUT2D eigenvalue weighted by molar-refractivity contribution is -0.125. The van der Waals surface area contributed by atoms with Crippen molar-refractivity contribution in [2.45, 2.75) is 33.2 Å². The number of hydrogen-bond donors (Lipinski definition) is 0. The molecule has 0 aliphatic rings. The van der Waals surface area contributed by atoms with Crippen molar-refractivity contribution in [1.29, 1.82) is 0 Å². The van der Waals surface area contributed by atoms with E-state index in [1.54, 1.807) is 11.6 Å². The fraction of sp³-hybridized carbons (Fsp3) is 0.833. The first-order valence-corrected chi connectivity index (χ1v) is 3.65. The zero-order valence-electron chi connectivity index (χ0n) is 6.22. The lowest BCUT2D eigenvalue weighted by Crippen LogP contribution is -2.26. The van der Waals surface area contributed by atoms with E-state index in [4.69, 9.17) is 0 Å². The summed E-state index contributed by atoms with van der Waals surface area (Å²) in [7, 11) is 2.42. The molecule has 0 aliphatic heterocycles. The van der Waals surface area contributed by atoms with Gasteiger partial charge in [0.05, 0.1) is 0 Å². The van der Waals surface area contributed by atoms with Crippen LogP contribution >= 0.6 is 9.39 Å². The minimum absolute atomic E-state index is 0.106. The highest BCUT2D eigenvalue weighted by molar-refractivity contribution is 7.14. The quantitative estimate of drug-likeness (QED) is 0.541. The third-order valence-corrected chi connectivity index (χ3v) is 2.30. The maximum absolute atomic E-state index is 10.6. The zero-order valence-corrected chi connectivity index (χ0v) is 7.37. The van der Waals surface area contributed by atoms with Crippen LogP contribution in [0.5, 0.6) is 0 Å². The summed E-state index contributed by atoms with van der Waals surface area (Å²) < 4.78 is 1.67. The highest BCUT2D eigenvalue weighted by Crippen LogP contribution is 2.08. The summed E-state index contributed by atoms with van der Waals surface area (Å²) >= 11 is 0. The normalized spacial score (nSPS) is 12.9. The molecule has 2 unspecified atom stereocenters. The van der Waals surface area contributed by atoms with Gasteiger partial charge >= 0.3 is 0 Å². The van der Waals surface area contributed by atoms with Crippen LogP contribution in [0.3, 0.4) is 0 Å². The molecule has 0 radical (unpaired) electrons. The van der Waals surface area contributed by atoms with E-state index < -0.39 is 0 Å². The molecule has 0 aliphatic carbocycles. The van der Waals surface area contributed by atoms with Crippen LogP contribution in [0.15, 0.2) is 0 Å². The second kappa shape index (κ2) is 3.84. The molecule has 0 spiro atoms. The molecule has 0 aromatic carbocycles. The van der Waals surface area contributed by atoms with E-state index in [0.29, 0.717) is 6.04 Å². The second-order valence-electron chi connectivity index (χ2n) is 2.18. The van der Waals surface area contributed by atoms with Crippen molar-refractivity contribution in [3.05, 3.63) is 0 Å². The van der Waals surface area contributed by atoms with E-state index in [9.17, 15) is 4.79 Å². The summed E-state index contributed by atoms with van der Waals surface area (Å²) in [5.74, 6) is 0.106. The molecule has 0 aromatic rings. The monoisotopic (exact) mass is 147 g/mol. The number of rotatable bonds is 2. The summed E-state index contributed by atoms with van der Waals surface area (Å²) in [5.41, 5.74) is 0. The average molecular weight is 147 g/mol. The van der Waals surface area contributed by atoms with E-state index in [-0.39, 0.29) is 5.91 Å². The van der Waals surface area contributed by atoms with Gasteiger partial charge in [0.1, 0.15) is 0 Å². The number of carbonyl (C=O) groups is 1. The van der Waals surface area contributed by atoms with Crippen molar-refractivity contribution in [2.75, 3.05) is 0 Å². The Labute approximate surface area is 58.9 Å². The molecule has 2 nitrogen and oxygen atoms in total. The van der Waals surface area contributed by atoms with Crippen molar-refractivity contribution in [3.8, 4) is 0 Å². The van der Waals surface area contributed by atoms with E-state index >= 15 is 0 Å². The Kier molecular flexibility index (Phi) is 3.79. The zero-order chi connectivity index (χ0) is 7.44. The van der Waals surface area contributed by atoms with Gasteiger partial charge in [0, 0.05) is 13.0 Å². The van der Waals surface area contributed by atoms with Crippen molar-refractivity contribution in [2.24, 2.45) is 0 Å². The van der Waals surface area contributed by atoms with Crippen LogP contribution in [0.1, 0.15) is 27.2 Å². The van der Waals surface area contributed by atoms with Gasteiger partial charge in [0.15, 0.2) is 0 Å². The fourth-order valence-electron chi connectivity index (χ4n) is 0.507. The summed E-state index contributed by atoms with van der Waals surface area (Å²) in [6.07, 6.45) is 1.00. The smallest absolute Gasteiger partial charge is 0.222 e. The van der Waals surface area contributed by atoms with Gasteiger partial charge in [-0.3, -0.25) is 4.79 Å². The molecule has 3 heteroatoms. The van der Waals surface area contributed by atoms with E-state index in [1.165, 1.54) is 0 Å². The molecule has 0 heterocycles. The lowest BCUT2D eigenvalue weighted by Gasteiger charge is -2.21. The Bertz CT molecular complexity index is 105. The van der Waals surface area contributed by atoms with Gasteiger partial charge in [-0.05, 0) is 22.7 Å². The Morgan fingerprint density at radius 1 is 1.78 bits per heavy atom. The van der Waals surface area contributed by atoms with Crippen LogP contribution in [0.2, 0.25) is 0 Å². The van der Waals surface area contributed by atoms with Crippen LogP contribution in [-0.2, 0) is 4.79 Å². The number of hydrogen-bond acceptors (Lipinski definition) is 1. The summed E-state index contributed by atoms with van der Waals surface area (Å²) in [6.45, 7) is 5.65. The van der Waals surface area contributed by atoms with Gasteiger partial charge in [0.25, 0.3) is 0 Å².